The van der Waals surface area contributed by atoms with Crippen LogP contribution < -0.4 is 5.32 Å². The zero-order valence-electron chi connectivity index (χ0n) is 16.0. The van der Waals surface area contributed by atoms with Gasteiger partial charge < -0.3 is 9.73 Å². The number of benzene rings is 1. The second kappa shape index (κ2) is 8.54. The van der Waals surface area contributed by atoms with Crippen LogP contribution in [0, 0.1) is 0 Å². The molecule has 0 atom stereocenters. The van der Waals surface area contributed by atoms with Crippen LogP contribution in [-0.2, 0) is 11.2 Å². The Balaban J connectivity index is 1.45. The second-order valence-corrected chi connectivity index (χ2v) is 7.77. The van der Waals surface area contributed by atoms with E-state index in [1.165, 1.54) is 19.3 Å². The van der Waals surface area contributed by atoms with E-state index in [-0.39, 0.29) is 11.4 Å². The van der Waals surface area contributed by atoms with Crippen LogP contribution in [0.4, 0.5) is 0 Å². The number of aryl methyl sites for hydroxylation is 1. The summed E-state index contributed by atoms with van der Waals surface area (Å²) in [6, 6.07) is 14.0. The molecule has 2 heterocycles. The molecule has 1 aromatic heterocycles. The minimum atomic E-state index is 0.0151. The van der Waals surface area contributed by atoms with Gasteiger partial charge >= 0.3 is 0 Å². The Morgan fingerprint density at radius 3 is 2.54 bits per heavy atom. The summed E-state index contributed by atoms with van der Waals surface area (Å²) in [6.07, 6.45) is 4.94. The molecule has 1 fully saturated rings. The molecule has 0 unspecified atom stereocenters. The molecule has 4 nitrogen and oxygen atoms in total. The monoisotopic (exact) mass is 354 g/mol. The first-order chi connectivity index (χ1) is 12.5. The van der Waals surface area contributed by atoms with Gasteiger partial charge in [0.05, 0.1) is 0 Å². The Bertz CT molecular complexity index is 700. The molecular formula is C22H30N2O2. The highest BCUT2D eigenvalue weighted by atomic mass is 16.3. The summed E-state index contributed by atoms with van der Waals surface area (Å²) in [5.74, 6) is 1.80. The van der Waals surface area contributed by atoms with Crippen LogP contribution in [-0.4, -0.2) is 36.0 Å². The maximum absolute atomic E-state index is 12.3. The number of hydrogen-bond acceptors (Lipinski definition) is 3. The minimum absolute atomic E-state index is 0.0151. The highest BCUT2D eigenvalue weighted by molar-refractivity contribution is 5.76. The van der Waals surface area contributed by atoms with E-state index >= 15 is 0 Å². The summed E-state index contributed by atoms with van der Waals surface area (Å²) in [7, 11) is 0. The Labute approximate surface area is 156 Å². The van der Waals surface area contributed by atoms with Crippen molar-refractivity contribution in [3.05, 3.63) is 48.2 Å². The van der Waals surface area contributed by atoms with Gasteiger partial charge in [-0.1, -0.05) is 36.8 Å². The number of rotatable bonds is 7. The molecule has 0 spiro atoms. The third-order valence-electron chi connectivity index (χ3n) is 5.25. The molecule has 1 aliphatic rings. The van der Waals surface area contributed by atoms with Crippen LogP contribution in [0.3, 0.4) is 0 Å². The number of nitrogens with one attached hydrogen (secondary N) is 1. The molecule has 0 aliphatic carbocycles. The number of likely N-dealkylation sites (tertiary alicyclic amines) is 1. The average molecular weight is 354 g/mol. The van der Waals surface area contributed by atoms with Crippen LogP contribution in [0.5, 0.6) is 0 Å². The third kappa shape index (κ3) is 4.98. The van der Waals surface area contributed by atoms with Crippen molar-refractivity contribution in [1.29, 1.82) is 0 Å². The molecule has 1 amide bonds. The summed E-state index contributed by atoms with van der Waals surface area (Å²) in [5.41, 5.74) is 1.08. The Morgan fingerprint density at radius 2 is 1.81 bits per heavy atom. The van der Waals surface area contributed by atoms with Crippen molar-refractivity contribution >= 4 is 5.91 Å². The van der Waals surface area contributed by atoms with Crippen LogP contribution in [0.2, 0.25) is 0 Å². The van der Waals surface area contributed by atoms with E-state index in [0.717, 1.165) is 30.2 Å². The molecule has 4 heteroatoms. The van der Waals surface area contributed by atoms with Crippen molar-refractivity contribution in [2.45, 2.75) is 51.5 Å². The van der Waals surface area contributed by atoms with Gasteiger partial charge in [-0.15, -0.1) is 0 Å². The molecule has 26 heavy (non-hydrogen) atoms. The molecule has 0 saturated carbocycles. The van der Waals surface area contributed by atoms with Crippen LogP contribution in [0.15, 0.2) is 46.9 Å². The third-order valence-corrected chi connectivity index (χ3v) is 5.25. The average Bonchev–Trinajstić information content (AvgIpc) is 3.15. The molecule has 1 aliphatic heterocycles. The van der Waals surface area contributed by atoms with Gasteiger partial charge in [-0.2, -0.15) is 0 Å². The van der Waals surface area contributed by atoms with Crippen molar-refractivity contribution in [1.82, 2.24) is 10.2 Å². The van der Waals surface area contributed by atoms with Crippen molar-refractivity contribution in [2.75, 3.05) is 19.6 Å². The largest absolute Gasteiger partial charge is 0.461 e. The summed E-state index contributed by atoms with van der Waals surface area (Å²) < 4.78 is 5.87. The summed E-state index contributed by atoms with van der Waals surface area (Å²) in [4.78, 5) is 14.7. The van der Waals surface area contributed by atoms with Gasteiger partial charge in [0.2, 0.25) is 5.91 Å². The molecule has 1 saturated heterocycles. The normalized spacial score (nSPS) is 15.8. The van der Waals surface area contributed by atoms with Gasteiger partial charge in [-0.25, -0.2) is 0 Å². The fourth-order valence-corrected chi connectivity index (χ4v) is 3.52. The number of piperidine rings is 1. The fraction of sp³-hybridized carbons (Fsp3) is 0.500. The van der Waals surface area contributed by atoms with Crippen LogP contribution in [0.1, 0.15) is 45.3 Å². The van der Waals surface area contributed by atoms with E-state index in [2.05, 4.69) is 24.1 Å². The summed E-state index contributed by atoms with van der Waals surface area (Å²) in [5, 5.41) is 3.11. The molecule has 1 N–H and O–H groups in total. The maximum atomic E-state index is 12.3. The number of hydrogen-bond donors (Lipinski definition) is 1. The van der Waals surface area contributed by atoms with E-state index in [1.807, 2.05) is 42.5 Å². The molecule has 3 rings (SSSR count). The minimum Gasteiger partial charge on any atom is -0.461 e. The lowest BCUT2D eigenvalue weighted by atomic mass is 9.98. The lowest BCUT2D eigenvalue weighted by Gasteiger charge is -2.41. The van der Waals surface area contributed by atoms with E-state index in [4.69, 9.17) is 4.42 Å². The Kier molecular flexibility index (Phi) is 6.15. The lowest BCUT2D eigenvalue weighted by Crippen LogP contribution is -2.53. The predicted molar refractivity (Wildman–Crippen MR) is 105 cm³/mol. The van der Waals surface area contributed by atoms with Gasteiger partial charge in [-0.3, -0.25) is 9.69 Å². The van der Waals surface area contributed by atoms with Crippen LogP contribution in [0.25, 0.3) is 11.3 Å². The molecule has 140 valence electrons. The number of amides is 1. The zero-order chi connectivity index (χ0) is 18.4. The van der Waals surface area contributed by atoms with Crippen LogP contribution >= 0.6 is 0 Å². The topological polar surface area (TPSA) is 45.5 Å². The first kappa shape index (κ1) is 18.7. The van der Waals surface area contributed by atoms with Gasteiger partial charge in [0.15, 0.2) is 0 Å². The van der Waals surface area contributed by atoms with E-state index in [9.17, 15) is 4.79 Å². The van der Waals surface area contributed by atoms with Crippen molar-refractivity contribution < 1.29 is 9.21 Å². The predicted octanol–water partition coefficient (Wildman–Crippen LogP) is 4.26. The fourth-order valence-electron chi connectivity index (χ4n) is 3.52. The zero-order valence-corrected chi connectivity index (χ0v) is 16.0. The van der Waals surface area contributed by atoms with E-state index < -0.39 is 0 Å². The van der Waals surface area contributed by atoms with E-state index in [0.29, 0.717) is 19.4 Å². The second-order valence-electron chi connectivity index (χ2n) is 7.77. The molecule has 0 bridgehead atoms. The first-order valence-corrected chi connectivity index (χ1v) is 9.70. The lowest BCUT2D eigenvalue weighted by molar-refractivity contribution is -0.121. The van der Waals surface area contributed by atoms with Crippen molar-refractivity contribution in [3.63, 3.8) is 0 Å². The first-order valence-electron chi connectivity index (χ1n) is 9.70. The molecule has 2 aromatic rings. The quantitative estimate of drug-likeness (QED) is 0.808. The summed E-state index contributed by atoms with van der Waals surface area (Å²) >= 11 is 0. The van der Waals surface area contributed by atoms with E-state index in [1.54, 1.807) is 0 Å². The smallest absolute Gasteiger partial charge is 0.220 e. The Morgan fingerprint density at radius 1 is 1.08 bits per heavy atom. The molecule has 1 aromatic carbocycles. The van der Waals surface area contributed by atoms with Gasteiger partial charge in [0.1, 0.15) is 11.5 Å². The van der Waals surface area contributed by atoms with Gasteiger partial charge in [0.25, 0.3) is 0 Å². The Hall–Kier alpha value is -2.07. The van der Waals surface area contributed by atoms with Crippen molar-refractivity contribution in [2.24, 2.45) is 0 Å². The highest BCUT2D eigenvalue weighted by Gasteiger charge is 2.28. The SMILES string of the molecule is CC(C)(CNC(=O)CCc1ccc(-c2ccccc2)o1)N1CCCCC1. The highest BCUT2D eigenvalue weighted by Crippen LogP contribution is 2.22. The molecule has 0 radical (unpaired) electrons. The molecular weight excluding hydrogens is 324 g/mol. The number of carbonyl (C=O) groups is 1. The number of nitrogens with zero attached hydrogens (tertiary/aromatic N) is 1. The van der Waals surface area contributed by atoms with Crippen molar-refractivity contribution in [3.8, 4) is 11.3 Å². The van der Waals surface area contributed by atoms with Gasteiger partial charge in [-0.05, 0) is 51.9 Å². The maximum Gasteiger partial charge on any atom is 0.220 e. The number of furan rings is 1. The summed E-state index contributed by atoms with van der Waals surface area (Å²) in [6.45, 7) is 7.41. The number of carbonyl (C=O) groups excluding carboxylic acids is 1. The van der Waals surface area contributed by atoms with Gasteiger partial charge in [0, 0.05) is 30.5 Å². The standard InChI is InChI=1S/C22H30N2O2/c1-22(2,24-15-7-4-8-16-24)17-23-21(25)14-12-19-11-13-20(26-19)18-9-5-3-6-10-18/h3,5-6,9-11,13H,4,7-8,12,14-17H2,1-2H3,(H,23,25).